The molecule has 4 rings (SSSR count). The number of carbonyl (C=O) groups excluding carboxylic acids is 1. The van der Waals surface area contributed by atoms with Crippen LogP contribution in [-0.2, 0) is 11.3 Å². The molecular weight excluding hydrogens is 352 g/mol. The van der Waals surface area contributed by atoms with E-state index in [9.17, 15) is 4.79 Å². The SMILES string of the molecule is Cc1nc(CNC(=O)C2=NN(c3ccccc3)C(c3ccccc3)C2)oc1C. The first-order chi connectivity index (χ1) is 13.6. The van der Waals surface area contributed by atoms with E-state index in [2.05, 4.69) is 27.5 Å². The smallest absolute Gasteiger partial charge is 0.268 e. The van der Waals surface area contributed by atoms with Gasteiger partial charge in [0.25, 0.3) is 5.91 Å². The number of nitrogens with one attached hydrogen (secondary N) is 1. The number of rotatable bonds is 5. The maximum absolute atomic E-state index is 12.7. The van der Waals surface area contributed by atoms with Crippen molar-refractivity contribution in [2.24, 2.45) is 5.10 Å². The van der Waals surface area contributed by atoms with E-state index in [1.54, 1.807) is 0 Å². The number of nitrogens with zero attached hydrogens (tertiary/aromatic N) is 3. The maximum atomic E-state index is 12.7. The second-order valence-electron chi connectivity index (χ2n) is 6.79. The van der Waals surface area contributed by atoms with Crippen molar-refractivity contribution in [1.82, 2.24) is 10.3 Å². The first-order valence-corrected chi connectivity index (χ1v) is 9.29. The van der Waals surface area contributed by atoms with E-state index >= 15 is 0 Å². The Kier molecular flexibility index (Phi) is 4.93. The van der Waals surface area contributed by atoms with Crippen LogP contribution in [-0.4, -0.2) is 16.6 Å². The van der Waals surface area contributed by atoms with Gasteiger partial charge in [-0.3, -0.25) is 9.80 Å². The van der Waals surface area contributed by atoms with Crippen molar-refractivity contribution in [1.29, 1.82) is 0 Å². The molecule has 2 aromatic carbocycles. The van der Waals surface area contributed by atoms with Crippen molar-refractivity contribution in [2.45, 2.75) is 32.9 Å². The molecule has 0 aliphatic carbocycles. The number of aryl methyl sites for hydroxylation is 2. The average molecular weight is 374 g/mol. The minimum atomic E-state index is -0.201. The normalized spacial score (nSPS) is 16.1. The Morgan fingerprint density at radius 2 is 1.79 bits per heavy atom. The fourth-order valence-corrected chi connectivity index (χ4v) is 3.27. The fraction of sp³-hybridized carbons (Fsp3) is 0.227. The molecule has 0 bridgehead atoms. The molecule has 1 amide bonds. The van der Waals surface area contributed by atoms with Crippen LogP contribution in [0.5, 0.6) is 0 Å². The summed E-state index contributed by atoms with van der Waals surface area (Å²) in [5.41, 5.74) is 3.41. The molecule has 28 heavy (non-hydrogen) atoms. The third kappa shape index (κ3) is 3.67. The Hall–Kier alpha value is -3.41. The summed E-state index contributed by atoms with van der Waals surface area (Å²) in [5.74, 6) is 1.07. The predicted octanol–water partition coefficient (Wildman–Crippen LogP) is 3.92. The third-order valence-corrected chi connectivity index (χ3v) is 4.85. The minimum absolute atomic E-state index is 0.0180. The molecule has 0 saturated carbocycles. The van der Waals surface area contributed by atoms with Crippen molar-refractivity contribution >= 4 is 17.3 Å². The van der Waals surface area contributed by atoms with Crippen LogP contribution in [0.2, 0.25) is 0 Å². The van der Waals surface area contributed by atoms with Crippen molar-refractivity contribution in [2.75, 3.05) is 5.01 Å². The highest BCUT2D eigenvalue weighted by Gasteiger charge is 2.32. The number of carbonyl (C=O) groups is 1. The zero-order valence-corrected chi connectivity index (χ0v) is 15.9. The van der Waals surface area contributed by atoms with Crippen LogP contribution < -0.4 is 10.3 Å². The Labute approximate surface area is 163 Å². The first kappa shape index (κ1) is 18.0. The summed E-state index contributed by atoms with van der Waals surface area (Å²) in [4.78, 5) is 17.0. The van der Waals surface area contributed by atoms with Gasteiger partial charge in [-0.1, -0.05) is 48.5 Å². The molecule has 1 aliphatic heterocycles. The fourth-order valence-electron chi connectivity index (χ4n) is 3.27. The molecule has 142 valence electrons. The molecule has 0 fully saturated rings. The zero-order valence-electron chi connectivity index (χ0n) is 15.9. The highest BCUT2D eigenvalue weighted by atomic mass is 16.4. The van der Waals surface area contributed by atoms with Gasteiger partial charge in [-0.15, -0.1) is 0 Å². The van der Waals surface area contributed by atoms with E-state index in [1.807, 2.05) is 67.4 Å². The number of para-hydroxylation sites is 1. The second kappa shape index (κ2) is 7.68. The van der Waals surface area contributed by atoms with Crippen molar-refractivity contribution < 1.29 is 9.21 Å². The van der Waals surface area contributed by atoms with Crippen LogP contribution in [0.25, 0.3) is 0 Å². The number of benzene rings is 2. The lowest BCUT2D eigenvalue weighted by Crippen LogP contribution is -2.30. The van der Waals surface area contributed by atoms with E-state index < -0.39 is 0 Å². The van der Waals surface area contributed by atoms with Crippen LogP contribution in [0.3, 0.4) is 0 Å². The van der Waals surface area contributed by atoms with Crippen LogP contribution in [0, 0.1) is 13.8 Å². The van der Waals surface area contributed by atoms with Crippen LogP contribution >= 0.6 is 0 Å². The van der Waals surface area contributed by atoms with Gasteiger partial charge in [0.1, 0.15) is 11.5 Å². The molecule has 0 saturated heterocycles. The van der Waals surface area contributed by atoms with E-state index in [0.29, 0.717) is 18.0 Å². The van der Waals surface area contributed by atoms with Gasteiger partial charge in [0, 0.05) is 6.42 Å². The molecule has 1 unspecified atom stereocenters. The highest BCUT2D eigenvalue weighted by Crippen LogP contribution is 2.34. The van der Waals surface area contributed by atoms with Crippen molar-refractivity contribution in [3.05, 3.63) is 83.6 Å². The summed E-state index contributed by atoms with van der Waals surface area (Å²) < 4.78 is 5.53. The topological polar surface area (TPSA) is 70.7 Å². The van der Waals surface area contributed by atoms with Gasteiger partial charge in [-0.25, -0.2) is 4.98 Å². The van der Waals surface area contributed by atoms with E-state index in [4.69, 9.17) is 4.42 Å². The first-order valence-electron chi connectivity index (χ1n) is 9.29. The molecule has 2 heterocycles. The van der Waals surface area contributed by atoms with Gasteiger partial charge in [-0.2, -0.15) is 5.10 Å². The number of amides is 1. The average Bonchev–Trinajstić information content (AvgIpc) is 3.31. The Morgan fingerprint density at radius 1 is 1.11 bits per heavy atom. The minimum Gasteiger partial charge on any atom is -0.444 e. The molecule has 6 heteroatoms. The summed E-state index contributed by atoms with van der Waals surface area (Å²) in [6.45, 7) is 3.98. The molecule has 1 N–H and O–H groups in total. The lowest BCUT2D eigenvalue weighted by atomic mass is 10.0. The largest absolute Gasteiger partial charge is 0.444 e. The van der Waals surface area contributed by atoms with Crippen molar-refractivity contribution in [3.8, 4) is 0 Å². The quantitative estimate of drug-likeness (QED) is 0.735. The number of anilines is 1. The van der Waals surface area contributed by atoms with Gasteiger partial charge in [-0.05, 0) is 31.5 Å². The summed E-state index contributed by atoms with van der Waals surface area (Å²) >= 11 is 0. The molecule has 1 atom stereocenters. The van der Waals surface area contributed by atoms with Crippen LogP contribution in [0.4, 0.5) is 5.69 Å². The molecule has 1 aromatic heterocycles. The number of aromatic nitrogens is 1. The lowest BCUT2D eigenvalue weighted by Gasteiger charge is -2.23. The van der Waals surface area contributed by atoms with E-state index in [0.717, 1.165) is 22.7 Å². The monoisotopic (exact) mass is 374 g/mol. The maximum Gasteiger partial charge on any atom is 0.268 e. The van der Waals surface area contributed by atoms with Gasteiger partial charge >= 0.3 is 0 Å². The molecule has 6 nitrogen and oxygen atoms in total. The summed E-state index contributed by atoms with van der Waals surface area (Å²) in [7, 11) is 0. The Balaban J connectivity index is 1.54. The van der Waals surface area contributed by atoms with E-state index in [-0.39, 0.29) is 18.5 Å². The van der Waals surface area contributed by atoms with Gasteiger partial charge in [0.15, 0.2) is 0 Å². The standard InChI is InChI=1S/C22H22N4O2/c1-15-16(2)28-21(24-15)14-23-22(27)19-13-20(17-9-5-3-6-10-17)26(25-19)18-11-7-4-8-12-18/h3-12,20H,13-14H2,1-2H3,(H,23,27). The summed E-state index contributed by atoms with van der Waals surface area (Å²) in [6, 6.07) is 20.0. The third-order valence-electron chi connectivity index (χ3n) is 4.85. The van der Waals surface area contributed by atoms with Gasteiger partial charge < -0.3 is 9.73 Å². The van der Waals surface area contributed by atoms with Gasteiger partial charge in [0.05, 0.1) is 24.0 Å². The lowest BCUT2D eigenvalue weighted by molar-refractivity contribution is -0.115. The number of hydrogen-bond acceptors (Lipinski definition) is 5. The Bertz CT molecular complexity index is 976. The second-order valence-corrected chi connectivity index (χ2v) is 6.79. The summed E-state index contributed by atoms with van der Waals surface area (Å²) in [5, 5.41) is 9.43. The zero-order chi connectivity index (χ0) is 19.5. The highest BCUT2D eigenvalue weighted by molar-refractivity contribution is 6.39. The van der Waals surface area contributed by atoms with E-state index in [1.165, 1.54) is 0 Å². The molecule has 0 spiro atoms. The van der Waals surface area contributed by atoms with Crippen LogP contribution in [0.1, 0.15) is 35.4 Å². The Morgan fingerprint density at radius 3 is 2.43 bits per heavy atom. The summed E-state index contributed by atoms with van der Waals surface area (Å²) in [6.07, 6.45) is 0.536. The molecule has 0 radical (unpaired) electrons. The van der Waals surface area contributed by atoms with Crippen LogP contribution in [0.15, 0.2) is 70.2 Å². The number of hydrogen-bond donors (Lipinski definition) is 1. The number of hydrazone groups is 1. The van der Waals surface area contributed by atoms with Gasteiger partial charge in [0.2, 0.25) is 5.89 Å². The molecule has 1 aliphatic rings. The van der Waals surface area contributed by atoms with Crippen molar-refractivity contribution in [3.63, 3.8) is 0 Å². The predicted molar refractivity (Wildman–Crippen MR) is 108 cm³/mol. The number of oxazole rings is 1. The molecular formula is C22H22N4O2. The molecule has 3 aromatic rings.